The van der Waals surface area contributed by atoms with E-state index in [2.05, 4.69) is 31.0 Å². The highest BCUT2D eigenvalue weighted by Gasteiger charge is 2.21. The zero-order chi connectivity index (χ0) is 17.7. The van der Waals surface area contributed by atoms with E-state index in [-0.39, 0.29) is 21.9 Å². The summed E-state index contributed by atoms with van der Waals surface area (Å²) >= 11 is 3.16. The number of anilines is 1. The Morgan fingerprint density at radius 3 is 2.75 bits per heavy atom. The first-order valence-electron chi connectivity index (χ1n) is 6.55. The fraction of sp³-hybridized carbons (Fsp3) is 0.143. The van der Waals surface area contributed by atoms with Crippen LogP contribution in [0.15, 0.2) is 46.0 Å². The molecular formula is C14H13BrFN3O4S. The van der Waals surface area contributed by atoms with E-state index in [0.717, 1.165) is 0 Å². The summed E-state index contributed by atoms with van der Waals surface area (Å²) in [5, 5.41) is 2.41. The molecular weight excluding hydrogens is 405 g/mol. The maximum absolute atomic E-state index is 12.5. The second-order valence-electron chi connectivity index (χ2n) is 4.49. The van der Waals surface area contributed by atoms with Gasteiger partial charge in [-0.05, 0) is 24.3 Å². The average Bonchev–Trinajstić information content (AvgIpc) is 2.55. The predicted octanol–water partition coefficient (Wildman–Crippen LogP) is 2.31. The normalized spacial score (nSPS) is 11.0. The maximum Gasteiger partial charge on any atom is 0.265 e. The first-order chi connectivity index (χ1) is 11.4. The topological polar surface area (TPSA) is 97.4 Å². The van der Waals surface area contributed by atoms with Gasteiger partial charge in [0.15, 0.2) is 0 Å². The van der Waals surface area contributed by atoms with E-state index in [1.165, 1.54) is 43.7 Å². The number of carbonyl (C=O) groups is 1. The van der Waals surface area contributed by atoms with Crippen molar-refractivity contribution in [3.05, 3.63) is 46.7 Å². The molecule has 2 N–H and O–H groups in total. The van der Waals surface area contributed by atoms with Crippen LogP contribution in [0.5, 0.6) is 5.75 Å². The molecule has 0 radical (unpaired) electrons. The second kappa shape index (κ2) is 7.58. The Balaban J connectivity index is 2.39. The number of ether oxygens (including phenoxy) is 1. The van der Waals surface area contributed by atoms with Crippen molar-refractivity contribution in [2.75, 3.05) is 18.6 Å². The van der Waals surface area contributed by atoms with Crippen molar-refractivity contribution < 1.29 is 22.3 Å². The molecule has 0 saturated heterocycles. The molecule has 128 valence electrons. The SMILES string of the molecule is CNC(=O)c1cncc(NS(=O)(=O)c2cc(Br)ccc2OCF)c1. The van der Waals surface area contributed by atoms with Crippen LogP contribution in [0.1, 0.15) is 10.4 Å². The number of halogens is 2. The summed E-state index contributed by atoms with van der Waals surface area (Å²) in [6, 6.07) is 5.47. The minimum Gasteiger partial charge on any atom is -0.461 e. The second-order valence-corrected chi connectivity index (χ2v) is 7.06. The van der Waals surface area contributed by atoms with Gasteiger partial charge in [-0.2, -0.15) is 0 Å². The molecule has 0 spiro atoms. The predicted molar refractivity (Wildman–Crippen MR) is 89.2 cm³/mol. The number of pyridine rings is 1. The molecule has 1 heterocycles. The summed E-state index contributed by atoms with van der Waals surface area (Å²) in [5.41, 5.74) is 0.273. The molecule has 0 fully saturated rings. The summed E-state index contributed by atoms with van der Waals surface area (Å²) in [6.07, 6.45) is 2.55. The van der Waals surface area contributed by atoms with E-state index in [0.29, 0.717) is 4.47 Å². The number of nitrogens with one attached hydrogen (secondary N) is 2. The number of aromatic nitrogens is 1. The highest BCUT2D eigenvalue weighted by molar-refractivity contribution is 9.10. The number of alkyl halides is 1. The van der Waals surface area contributed by atoms with Gasteiger partial charge in [0, 0.05) is 17.7 Å². The lowest BCUT2D eigenvalue weighted by Crippen LogP contribution is -2.19. The number of benzene rings is 1. The molecule has 0 atom stereocenters. The number of hydrogen-bond donors (Lipinski definition) is 2. The van der Waals surface area contributed by atoms with Crippen LogP contribution in [0.2, 0.25) is 0 Å². The van der Waals surface area contributed by atoms with Crippen molar-refractivity contribution in [1.82, 2.24) is 10.3 Å². The first kappa shape index (κ1) is 18.1. The lowest BCUT2D eigenvalue weighted by atomic mass is 10.2. The van der Waals surface area contributed by atoms with Crippen molar-refractivity contribution >= 4 is 37.5 Å². The van der Waals surface area contributed by atoms with Gasteiger partial charge in [0.05, 0.1) is 17.4 Å². The summed E-state index contributed by atoms with van der Waals surface area (Å²) in [5.74, 6) is -0.545. The molecule has 10 heteroatoms. The molecule has 7 nitrogen and oxygen atoms in total. The van der Waals surface area contributed by atoms with Gasteiger partial charge in [-0.1, -0.05) is 15.9 Å². The quantitative estimate of drug-likeness (QED) is 0.751. The van der Waals surface area contributed by atoms with Crippen LogP contribution >= 0.6 is 15.9 Å². The molecule has 0 bridgehead atoms. The zero-order valence-corrected chi connectivity index (χ0v) is 14.8. The molecule has 0 aliphatic rings. The number of amides is 1. The molecule has 1 aromatic heterocycles. The van der Waals surface area contributed by atoms with Crippen molar-refractivity contribution in [3.63, 3.8) is 0 Å². The van der Waals surface area contributed by atoms with Crippen molar-refractivity contribution in [1.29, 1.82) is 0 Å². The Morgan fingerprint density at radius 1 is 1.33 bits per heavy atom. The molecule has 1 amide bonds. The number of rotatable bonds is 6. The lowest BCUT2D eigenvalue weighted by Gasteiger charge is -2.12. The van der Waals surface area contributed by atoms with Crippen molar-refractivity contribution in [2.24, 2.45) is 0 Å². The number of sulfonamides is 1. The van der Waals surface area contributed by atoms with Gasteiger partial charge in [0.1, 0.15) is 10.6 Å². The van der Waals surface area contributed by atoms with Gasteiger partial charge in [0.25, 0.3) is 15.9 Å². The zero-order valence-electron chi connectivity index (χ0n) is 12.4. The van der Waals surface area contributed by atoms with Crippen LogP contribution in [0, 0.1) is 0 Å². The molecule has 0 aliphatic heterocycles. The number of nitrogens with zero attached hydrogens (tertiary/aromatic N) is 1. The van der Waals surface area contributed by atoms with E-state index in [4.69, 9.17) is 4.74 Å². The van der Waals surface area contributed by atoms with E-state index >= 15 is 0 Å². The third-order valence-electron chi connectivity index (χ3n) is 2.89. The molecule has 0 aliphatic carbocycles. The van der Waals surface area contributed by atoms with Gasteiger partial charge in [-0.15, -0.1) is 0 Å². The Labute approximate surface area is 146 Å². The Bertz CT molecular complexity index is 861. The molecule has 0 saturated carbocycles. The van der Waals surface area contributed by atoms with Gasteiger partial charge in [-0.25, -0.2) is 12.8 Å². The van der Waals surface area contributed by atoms with Gasteiger partial charge < -0.3 is 10.1 Å². The third-order valence-corrected chi connectivity index (χ3v) is 4.78. The fourth-order valence-corrected chi connectivity index (χ4v) is 3.56. The summed E-state index contributed by atoms with van der Waals surface area (Å²) in [6.45, 7) is -1.17. The number of carbonyl (C=O) groups excluding carboxylic acids is 1. The Hall–Kier alpha value is -2.20. The standard InChI is InChI=1S/C14H13BrFN3O4S/c1-17-14(20)9-4-11(7-18-6-9)19-24(21,22)13-5-10(15)2-3-12(13)23-8-16/h2-7,19H,8H2,1H3,(H,17,20). The third kappa shape index (κ3) is 4.20. The van der Waals surface area contributed by atoms with E-state index in [1.807, 2.05) is 0 Å². The highest BCUT2D eigenvalue weighted by atomic mass is 79.9. The summed E-state index contributed by atoms with van der Waals surface area (Å²) in [7, 11) is -2.64. The number of hydrogen-bond acceptors (Lipinski definition) is 5. The monoisotopic (exact) mass is 417 g/mol. The van der Waals surface area contributed by atoms with Crippen molar-refractivity contribution in [3.8, 4) is 5.75 Å². The minimum atomic E-state index is -4.08. The van der Waals surface area contributed by atoms with Crippen LogP contribution in [0.3, 0.4) is 0 Å². The van der Waals surface area contributed by atoms with Crippen LogP contribution in [0.4, 0.5) is 10.1 Å². The molecule has 24 heavy (non-hydrogen) atoms. The average molecular weight is 418 g/mol. The van der Waals surface area contributed by atoms with E-state index < -0.39 is 22.8 Å². The van der Waals surface area contributed by atoms with Crippen LogP contribution in [0.25, 0.3) is 0 Å². The molecule has 0 unspecified atom stereocenters. The highest BCUT2D eigenvalue weighted by Crippen LogP contribution is 2.29. The maximum atomic E-state index is 12.5. The molecule has 1 aromatic carbocycles. The van der Waals surface area contributed by atoms with E-state index in [1.54, 1.807) is 0 Å². The lowest BCUT2D eigenvalue weighted by molar-refractivity contribution is 0.0962. The minimum absolute atomic E-state index is 0.0854. The van der Waals surface area contributed by atoms with Gasteiger partial charge in [0.2, 0.25) is 6.86 Å². The van der Waals surface area contributed by atoms with Crippen LogP contribution < -0.4 is 14.8 Å². The van der Waals surface area contributed by atoms with Gasteiger partial charge in [-0.3, -0.25) is 14.5 Å². The van der Waals surface area contributed by atoms with Gasteiger partial charge >= 0.3 is 0 Å². The largest absolute Gasteiger partial charge is 0.461 e. The van der Waals surface area contributed by atoms with Crippen molar-refractivity contribution in [2.45, 2.75) is 4.90 Å². The van der Waals surface area contributed by atoms with Crippen LogP contribution in [-0.4, -0.2) is 33.2 Å². The first-order valence-corrected chi connectivity index (χ1v) is 8.83. The van der Waals surface area contributed by atoms with Crippen LogP contribution in [-0.2, 0) is 10.0 Å². The summed E-state index contributed by atoms with van der Waals surface area (Å²) in [4.78, 5) is 15.2. The summed E-state index contributed by atoms with van der Waals surface area (Å²) < 4.78 is 45.0. The Morgan fingerprint density at radius 2 is 2.08 bits per heavy atom. The van der Waals surface area contributed by atoms with E-state index in [9.17, 15) is 17.6 Å². The smallest absolute Gasteiger partial charge is 0.265 e. The Kier molecular flexibility index (Phi) is 5.73. The molecule has 2 aromatic rings. The fourth-order valence-electron chi connectivity index (χ4n) is 1.84. The molecule has 2 rings (SSSR count).